The van der Waals surface area contributed by atoms with Crippen LogP contribution in [0.15, 0.2) is 12.2 Å². The molecule has 0 aromatic carbocycles. The van der Waals surface area contributed by atoms with Gasteiger partial charge in [0.1, 0.15) is 0 Å². The van der Waals surface area contributed by atoms with Gasteiger partial charge in [0.2, 0.25) is 0 Å². The fourth-order valence-electron chi connectivity index (χ4n) is 1.28. The van der Waals surface area contributed by atoms with Gasteiger partial charge in [-0.1, -0.05) is 38.8 Å². The Labute approximate surface area is 98.7 Å². The average Bonchev–Trinajstić information content (AvgIpc) is 2.15. The van der Waals surface area contributed by atoms with Crippen LogP contribution in [0.1, 0.15) is 46.0 Å². The van der Waals surface area contributed by atoms with Gasteiger partial charge in [-0.15, -0.1) is 0 Å². The Balaban J connectivity index is 3.54. The third kappa shape index (κ3) is 11.7. The summed E-state index contributed by atoms with van der Waals surface area (Å²) in [7, 11) is -4.28. The zero-order chi connectivity index (χ0) is 12.4. The van der Waals surface area contributed by atoms with E-state index in [9.17, 15) is 8.42 Å². The fourth-order valence-corrected chi connectivity index (χ4v) is 1.58. The predicted octanol–water partition coefficient (Wildman–Crippen LogP) is 2.97. The summed E-state index contributed by atoms with van der Waals surface area (Å²) in [5.74, 6) is 0.267. The van der Waals surface area contributed by atoms with E-state index < -0.39 is 10.4 Å². The Morgan fingerprint density at radius 2 is 2.06 bits per heavy atom. The highest BCUT2D eigenvalue weighted by atomic mass is 32.3. The first-order chi connectivity index (χ1) is 7.45. The van der Waals surface area contributed by atoms with Crippen molar-refractivity contribution in [3.05, 3.63) is 12.2 Å². The second kappa shape index (κ2) is 8.73. The molecule has 0 spiro atoms. The van der Waals surface area contributed by atoms with Gasteiger partial charge >= 0.3 is 10.4 Å². The van der Waals surface area contributed by atoms with Crippen LogP contribution in [0.5, 0.6) is 0 Å². The van der Waals surface area contributed by atoms with Crippen molar-refractivity contribution in [2.24, 2.45) is 5.92 Å². The molecular weight excluding hydrogens is 228 g/mol. The summed E-state index contributed by atoms with van der Waals surface area (Å²) in [5.41, 5.74) is 0. The van der Waals surface area contributed by atoms with E-state index in [0.29, 0.717) is 6.42 Å². The normalized spacial score (nSPS) is 14.4. The second-order valence-corrected chi connectivity index (χ2v) is 5.03. The van der Waals surface area contributed by atoms with Crippen LogP contribution in [-0.2, 0) is 14.6 Å². The number of allylic oxidation sites excluding steroid dienone is 2. The van der Waals surface area contributed by atoms with Crippen molar-refractivity contribution in [2.75, 3.05) is 6.61 Å². The SMILES string of the molecule is CCCCC/C=C/[C@@H](C)CCOS(=O)(=O)O. The van der Waals surface area contributed by atoms with E-state index >= 15 is 0 Å². The molecule has 0 saturated carbocycles. The van der Waals surface area contributed by atoms with Crippen LogP contribution in [-0.4, -0.2) is 19.6 Å². The molecule has 1 N–H and O–H groups in total. The predicted molar refractivity (Wildman–Crippen MR) is 64.6 cm³/mol. The molecule has 4 nitrogen and oxygen atoms in total. The third-order valence-corrected chi connectivity index (χ3v) is 2.71. The minimum Gasteiger partial charge on any atom is -0.264 e. The summed E-state index contributed by atoms with van der Waals surface area (Å²) < 4.78 is 33.1. The molecule has 0 radical (unpaired) electrons. The largest absolute Gasteiger partial charge is 0.397 e. The van der Waals surface area contributed by atoms with Crippen LogP contribution in [0.3, 0.4) is 0 Å². The minimum atomic E-state index is -4.28. The van der Waals surface area contributed by atoms with E-state index in [1.807, 2.05) is 6.92 Å². The molecule has 0 aromatic rings. The summed E-state index contributed by atoms with van der Waals surface area (Å²) in [6.45, 7) is 4.18. The van der Waals surface area contributed by atoms with Gasteiger partial charge in [0.25, 0.3) is 0 Å². The monoisotopic (exact) mass is 250 g/mol. The lowest BCUT2D eigenvalue weighted by Gasteiger charge is -2.04. The molecule has 0 heterocycles. The summed E-state index contributed by atoms with van der Waals surface area (Å²) in [4.78, 5) is 0. The Morgan fingerprint density at radius 1 is 1.38 bits per heavy atom. The van der Waals surface area contributed by atoms with Gasteiger partial charge in [-0.2, -0.15) is 8.42 Å². The van der Waals surface area contributed by atoms with E-state index in [-0.39, 0.29) is 12.5 Å². The van der Waals surface area contributed by atoms with E-state index in [1.165, 1.54) is 19.3 Å². The van der Waals surface area contributed by atoms with Crippen molar-refractivity contribution < 1.29 is 17.2 Å². The second-order valence-electron chi connectivity index (χ2n) is 3.94. The minimum absolute atomic E-state index is 0.0271. The number of rotatable bonds is 9. The van der Waals surface area contributed by atoms with Crippen molar-refractivity contribution >= 4 is 10.4 Å². The van der Waals surface area contributed by atoms with Gasteiger partial charge in [0.15, 0.2) is 0 Å². The van der Waals surface area contributed by atoms with E-state index in [1.54, 1.807) is 0 Å². The number of hydrogen-bond donors (Lipinski definition) is 1. The summed E-state index contributed by atoms with van der Waals surface area (Å²) in [6, 6.07) is 0. The lowest BCUT2D eigenvalue weighted by Crippen LogP contribution is -2.07. The molecule has 0 saturated heterocycles. The first kappa shape index (κ1) is 15.6. The van der Waals surface area contributed by atoms with Gasteiger partial charge in [-0.25, -0.2) is 4.18 Å². The molecule has 0 amide bonds. The highest BCUT2D eigenvalue weighted by molar-refractivity contribution is 7.80. The first-order valence-corrected chi connectivity index (χ1v) is 7.10. The maximum absolute atomic E-state index is 10.3. The molecule has 0 aliphatic heterocycles. The Morgan fingerprint density at radius 3 is 2.62 bits per heavy atom. The van der Waals surface area contributed by atoms with Crippen LogP contribution >= 0.6 is 0 Å². The molecule has 0 bridgehead atoms. The maximum atomic E-state index is 10.3. The summed E-state index contributed by atoms with van der Waals surface area (Å²) in [5, 5.41) is 0. The number of hydrogen-bond acceptors (Lipinski definition) is 3. The smallest absolute Gasteiger partial charge is 0.264 e. The topological polar surface area (TPSA) is 63.6 Å². The lowest BCUT2D eigenvalue weighted by atomic mass is 10.1. The molecule has 0 unspecified atom stereocenters. The van der Waals surface area contributed by atoms with Gasteiger partial charge in [-0.3, -0.25) is 4.55 Å². The zero-order valence-corrected chi connectivity index (χ0v) is 10.9. The quantitative estimate of drug-likeness (QED) is 0.388. The van der Waals surface area contributed by atoms with Crippen molar-refractivity contribution in [2.45, 2.75) is 46.0 Å². The molecule has 0 aliphatic carbocycles. The van der Waals surface area contributed by atoms with E-state index in [2.05, 4.69) is 23.3 Å². The Bertz CT molecular complexity index is 282. The van der Waals surface area contributed by atoms with Gasteiger partial charge in [-0.05, 0) is 25.2 Å². The Kier molecular flexibility index (Phi) is 8.51. The van der Waals surface area contributed by atoms with Crippen molar-refractivity contribution in [3.8, 4) is 0 Å². The molecule has 0 fully saturated rings. The van der Waals surface area contributed by atoms with Gasteiger partial charge in [0.05, 0.1) is 6.61 Å². The summed E-state index contributed by atoms with van der Waals surface area (Å²) in [6.07, 6.45) is 9.48. The zero-order valence-electron chi connectivity index (χ0n) is 10.1. The standard InChI is InChI=1S/C11H22O4S/c1-3-4-5-6-7-8-11(2)9-10-15-16(12,13)14/h7-8,11H,3-6,9-10H2,1-2H3,(H,12,13,14)/b8-7+/t11-/m1/s1. The third-order valence-electron chi connectivity index (χ3n) is 2.24. The average molecular weight is 250 g/mol. The van der Waals surface area contributed by atoms with Gasteiger partial charge in [0, 0.05) is 0 Å². The molecule has 96 valence electrons. The molecule has 0 rings (SSSR count). The molecule has 16 heavy (non-hydrogen) atoms. The highest BCUT2D eigenvalue weighted by Crippen LogP contribution is 2.07. The molecule has 0 aliphatic rings. The van der Waals surface area contributed by atoms with Crippen LogP contribution < -0.4 is 0 Å². The molecular formula is C11H22O4S. The van der Waals surface area contributed by atoms with Crippen molar-refractivity contribution in [3.63, 3.8) is 0 Å². The van der Waals surface area contributed by atoms with Crippen LogP contribution in [0.2, 0.25) is 0 Å². The van der Waals surface area contributed by atoms with E-state index in [0.717, 1.165) is 6.42 Å². The van der Waals surface area contributed by atoms with Crippen molar-refractivity contribution in [1.29, 1.82) is 0 Å². The van der Waals surface area contributed by atoms with Crippen LogP contribution in [0.4, 0.5) is 0 Å². The summed E-state index contributed by atoms with van der Waals surface area (Å²) >= 11 is 0. The van der Waals surface area contributed by atoms with Crippen LogP contribution in [0, 0.1) is 5.92 Å². The van der Waals surface area contributed by atoms with E-state index in [4.69, 9.17) is 4.55 Å². The van der Waals surface area contributed by atoms with Crippen molar-refractivity contribution in [1.82, 2.24) is 0 Å². The highest BCUT2D eigenvalue weighted by Gasteiger charge is 2.05. The maximum Gasteiger partial charge on any atom is 0.397 e. The number of unbranched alkanes of at least 4 members (excludes halogenated alkanes) is 3. The first-order valence-electron chi connectivity index (χ1n) is 5.74. The molecule has 5 heteroatoms. The Hall–Kier alpha value is -0.390. The lowest BCUT2D eigenvalue weighted by molar-refractivity contribution is 0.256. The molecule has 1 atom stereocenters. The van der Waals surface area contributed by atoms with Gasteiger partial charge < -0.3 is 0 Å². The fraction of sp³-hybridized carbons (Fsp3) is 0.818. The van der Waals surface area contributed by atoms with Crippen LogP contribution in [0.25, 0.3) is 0 Å². The molecule has 0 aromatic heterocycles.